The van der Waals surface area contributed by atoms with E-state index >= 15 is 0 Å². The van der Waals surface area contributed by atoms with Crippen molar-refractivity contribution in [2.75, 3.05) is 18.5 Å². The Labute approximate surface area is 144 Å². The Balaban J connectivity index is 2.15. The van der Waals surface area contributed by atoms with Crippen LogP contribution in [0.25, 0.3) is 11.3 Å². The zero-order valence-electron chi connectivity index (χ0n) is 13.4. The fourth-order valence-electron chi connectivity index (χ4n) is 1.85. The molecule has 1 aromatic heterocycles. The van der Waals surface area contributed by atoms with E-state index in [1.54, 1.807) is 13.8 Å². The fraction of sp³-hybridized carbons (Fsp3) is 0.235. The molecular formula is C17H18N2O4S. The minimum atomic E-state index is -0.726. The van der Waals surface area contributed by atoms with E-state index in [4.69, 9.17) is 9.47 Å². The van der Waals surface area contributed by atoms with E-state index in [1.807, 2.05) is 36.4 Å². The summed E-state index contributed by atoms with van der Waals surface area (Å²) >= 11 is 1.23. The maximum atomic E-state index is 11.9. The van der Waals surface area contributed by atoms with Crippen LogP contribution in [0.15, 0.2) is 48.2 Å². The first-order chi connectivity index (χ1) is 11.7. The molecule has 24 heavy (non-hydrogen) atoms. The van der Waals surface area contributed by atoms with E-state index in [1.165, 1.54) is 17.7 Å². The van der Waals surface area contributed by atoms with Gasteiger partial charge in [0, 0.05) is 17.8 Å². The van der Waals surface area contributed by atoms with Gasteiger partial charge in [0.25, 0.3) is 0 Å². The van der Waals surface area contributed by atoms with Crippen molar-refractivity contribution < 1.29 is 19.1 Å². The Hall–Kier alpha value is -2.67. The minimum absolute atomic E-state index is 0.175. The van der Waals surface area contributed by atoms with Crippen LogP contribution >= 0.6 is 11.5 Å². The highest BCUT2D eigenvalue weighted by Gasteiger charge is 2.21. The van der Waals surface area contributed by atoms with Crippen molar-refractivity contribution in [3.05, 3.63) is 48.2 Å². The highest BCUT2D eigenvalue weighted by Crippen LogP contribution is 2.25. The Bertz CT molecular complexity index is 705. The maximum Gasteiger partial charge on any atom is 0.347 e. The number of nitrogens with one attached hydrogen (secondary N) is 1. The number of hydrogen-bond acceptors (Lipinski definition) is 7. The average molecular weight is 346 g/mol. The van der Waals surface area contributed by atoms with Gasteiger partial charge in [0.1, 0.15) is 5.00 Å². The van der Waals surface area contributed by atoms with Crippen molar-refractivity contribution in [2.24, 2.45) is 0 Å². The number of ether oxygens (including phenoxy) is 2. The summed E-state index contributed by atoms with van der Waals surface area (Å²) in [6.07, 6.45) is 1.29. The van der Waals surface area contributed by atoms with E-state index < -0.39 is 11.9 Å². The Kier molecular flexibility index (Phi) is 6.51. The molecule has 0 spiro atoms. The van der Waals surface area contributed by atoms with Crippen LogP contribution in [0.3, 0.4) is 0 Å². The van der Waals surface area contributed by atoms with E-state index in [-0.39, 0.29) is 18.8 Å². The quantitative estimate of drug-likeness (QED) is 0.359. The first-order valence-electron chi connectivity index (χ1n) is 7.48. The highest BCUT2D eigenvalue weighted by atomic mass is 32.1. The Morgan fingerprint density at radius 1 is 1.12 bits per heavy atom. The maximum absolute atomic E-state index is 11.9. The third kappa shape index (κ3) is 4.66. The summed E-state index contributed by atoms with van der Waals surface area (Å²) in [7, 11) is 0. The van der Waals surface area contributed by atoms with Crippen LogP contribution in [0.4, 0.5) is 5.00 Å². The average Bonchev–Trinajstić information content (AvgIpc) is 3.05. The van der Waals surface area contributed by atoms with Crippen molar-refractivity contribution in [3.63, 3.8) is 0 Å². The molecule has 2 aromatic rings. The summed E-state index contributed by atoms with van der Waals surface area (Å²) in [5.74, 6) is -1.45. The van der Waals surface area contributed by atoms with Crippen molar-refractivity contribution in [1.82, 2.24) is 4.37 Å². The number of carbonyl (C=O) groups is 2. The van der Waals surface area contributed by atoms with Crippen LogP contribution in [0.2, 0.25) is 0 Å². The molecule has 0 aliphatic carbocycles. The molecular weight excluding hydrogens is 328 g/mol. The van der Waals surface area contributed by atoms with E-state index in [2.05, 4.69) is 9.69 Å². The molecule has 0 bridgehead atoms. The largest absolute Gasteiger partial charge is 0.462 e. The third-order valence-electron chi connectivity index (χ3n) is 2.93. The molecule has 0 aliphatic heterocycles. The second-order valence-corrected chi connectivity index (χ2v) is 5.39. The van der Waals surface area contributed by atoms with Gasteiger partial charge in [-0.25, -0.2) is 9.59 Å². The molecule has 126 valence electrons. The highest BCUT2D eigenvalue weighted by molar-refractivity contribution is 7.10. The molecule has 0 fully saturated rings. The van der Waals surface area contributed by atoms with Gasteiger partial charge < -0.3 is 14.8 Å². The van der Waals surface area contributed by atoms with E-state index in [0.29, 0.717) is 5.00 Å². The van der Waals surface area contributed by atoms with Crippen molar-refractivity contribution in [1.29, 1.82) is 0 Å². The smallest absolute Gasteiger partial charge is 0.347 e. The zero-order valence-corrected chi connectivity index (χ0v) is 14.3. The monoisotopic (exact) mass is 346 g/mol. The van der Waals surface area contributed by atoms with Crippen LogP contribution in [0, 0.1) is 0 Å². The molecule has 0 saturated heterocycles. The lowest BCUT2D eigenvalue weighted by Crippen LogP contribution is -2.19. The molecule has 1 heterocycles. The molecule has 0 amide bonds. The number of esters is 2. The van der Waals surface area contributed by atoms with Crippen molar-refractivity contribution in [2.45, 2.75) is 13.8 Å². The minimum Gasteiger partial charge on any atom is -0.462 e. The topological polar surface area (TPSA) is 77.5 Å². The lowest BCUT2D eigenvalue weighted by Gasteiger charge is -2.06. The molecule has 2 rings (SSSR count). The molecule has 6 nitrogen and oxygen atoms in total. The molecule has 1 aromatic carbocycles. The van der Waals surface area contributed by atoms with Gasteiger partial charge in [-0.05, 0) is 25.4 Å². The van der Waals surface area contributed by atoms with E-state index in [0.717, 1.165) is 11.3 Å². The van der Waals surface area contributed by atoms with Gasteiger partial charge in [0.15, 0.2) is 5.57 Å². The second kappa shape index (κ2) is 8.83. The molecule has 0 aliphatic rings. The lowest BCUT2D eigenvalue weighted by molar-refractivity contribution is -0.146. The Morgan fingerprint density at radius 3 is 2.33 bits per heavy atom. The first kappa shape index (κ1) is 17.7. The fourth-order valence-corrected chi connectivity index (χ4v) is 2.48. The predicted octanol–water partition coefficient (Wildman–Crippen LogP) is 3.23. The molecule has 0 radical (unpaired) electrons. The summed E-state index contributed by atoms with van der Waals surface area (Å²) in [6, 6.07) is 11.5. The molecule has 0 saturated carbocycles. The van der Waals surface area contributed by atoms with Crippen LogP contribution in [0.1, 0.15) is 13.8 Å². The zero-order chi connectivity index (χ0) is 17.4. The van der Waals surface area contributed by atoms with Crippen LogP contribution < -0.4 is 5.32 Å². The van der Waals surface area contributed by atoms with Gasteiger partial charge in [-0.3, -0.25) is 0 Å². The van der Waals surface area contributed by atoms with Gasteiger partial charge in [-0.15, -0.1) is 0 Å². The number of hydrogen-bond donors (Lipinski definition) is 1. The summed E-state index contributed by atoms with van der Waals surface area (Å²) in [5, 5.41) is 3.60. The number of rotatable bonds is 7. The summed E-state index contributed by atoms with van der Waals surface area (Å²) in [5.41, 5.74) is 1.61. The second-order valence-electron chi connectivity index (χ2n) is 4.59. The van der Waals surface area contributed by atoms with Gasteiger partial charge in [-0.1, -0.05) is 30.3 Å². The number of benzene rings is 1. The predicted molar refractivity (Wildman–Crippen MR) is 92.5 cm³/mol. The normalized spacial score (nSPS) is 9.92. The molecule has 0 atom stereocenters. The standard InChI is InChI=1S/C17H18N2O4S/c1-3-22-16(20)13(17(21)23-4-2)11-18-15-10-14(19-24-15)12-8-6-5-7-9-12/h5-11,18H,3-4H2,1-2H3. The number of anilines is 1. The molecule has 7 heteroatoms. The number of aromatic nitrogens is 1. The molecule has 1 N–H and O–H groups in total. The van der Waals surface area contributed by atoms with Crippen molar-refractivity contribution >= 4 is 28.5 Å². The molecule has 0 unspecified atom stereocenters. The van der Waals surface area contributed by atoms with Crippen LogP contribution in [-0.4, -0.2) is 29.5 Å². The third-order valence-corrected chi connectivity index (χ3v) is 3.65. The Morgan fingerprint density at radius 2 is 1.75 bits per heavy atom. The number of nitrogens with zero attached hydrogens (tertiary/aromatic N) is 1. The first-order valence-corrected chi connectivity index (χ1v) is 8.26. The van der Waals surface area contributed by atoms with Gasteiger partial charge >= 0.3 is 11.9 Å². The summed E-state index contributed by atoms with van der Waals surface area (Å²) in [6.45, 7) is 3.69. The van der Waals surface area contributed by atoms with Gasteiger partial charge in [0.2, 0.25) is 0 Å². The summed E-state index contributed by atoms with van der Waals surface area (Å²) in [4.78, 5) is 23.7. The SMILES string of the molecule is CCOC(=O)C(=CNc1cc(-c2ccccc2)ns1)C(=O)OCC. The van der Waals surface area contributed by atoms with Crippen LogP contribution in [-0.2, 0) is 19.1 Å². The number of carbonyl (C=O) groups excluding carboxylic acids is 2. The van der Waals surface area contributed by atoms with Crippen LogP contribution in [0.5, 0.6) is 0 Å². The van der Waals surface area contributed by atoms with Gasteiger partial charge in [0.05, 0.1) is 18.9 Å². The van der Waals surface area contributed by atoms with E-state index in [9.17, 15) is 9.59 Å². The lowest BCUT2D eigenvalue weighted by atomic mass is 10.2. The van der Waals surface area contributed by atoms with Crippen molar-refractivity contribution in [3.8, 4) is 11.3 Å². The summed E-state index contributed by atoms with van der Waals surface area (Å²) < 4.78 is 14.1. The van der Waals surface area contributed by atoms with Gasteiger partial charge in [-0.2, -0.15) is 4.37 Å².